The van der Waals surface area contributed by atoms with Crippen LogP contribution in [0, 0.1) is 18.8 Å². The molecule has 2 heterocycles. The van der Waals surface area contributed by atoms with Gasteiger partial charge in [-0.25, -0.2) is 0 Å². The molecule has 0 aromatic carbocycles. The second kappa shape index (κ2) is 5.20. The van der Waals surface area contributed by atoms with Crippen molar-refractivity contribution in [1.29, 1.82) is 0 Å². The number of nitrogens with zero attached hydrogens (tertiary/aromatic N) is 1. The molecule has 2 atom stereocenters. The smallest absolute Gasteiger partial charge is 0.246 e. The zero-order valence-electron chi connectivity index (χ0n) is 12.8. The van der Waals surface area contributed by atoms with E-state index in [1.165, 1.54) is 0 Å². The highest BCUT2D eigenvalue weighted by Crippen LogP contribution is 2.36. The maximum Gasteiger partial charge on any atom is 0.246 e. The molecule has 0 radical (unpaired) electrons. The number of rotatable bonds is 4. The highest BCUT2D eigenvalue weighted by atomic mass is 16.3. The van der Waals surface area contributed by atoms with Gasteiger partial charge in [-0.05, 0) is 43.7 Å². The van der Waals surface area contributed by atoms with Crippen LogP contribution in [0.5, 0.6) is 0 Å². The van der Waals surface area contributed by atoms with Crippen LogP contribution in [0.25, 0.3) is 0 Å². The highest BCUT2D eigenvalue weighted by molar-refractivity contribution is 5.97. The van der Waals surface area contributed by atoms with Crippen LogP contribution < -0.4 is 5.32 Å². The zero-order chi connectivity index (χ0) is 15.1. The van der Waals surface area contributed by atoms with Gasteiger partial charge in [0.05, 0.1) is 6.54 Å². The molecule has 5 nitrogen and oxygen atoms in total. The second-order valence-electron chi connectivity index (χ2n) is 6.49. The van der Waals surface area contributed by atoms with Crippen LogP contribution in [-0.2, 0) is 16.1 Å². The van der Waals surface area contributed by atoms with Gasteiger partial charge in [-0.2, -0.15) is 0 Å². The Labute approximate surface area is 124 Å². The first-order valence-electron chi connectivity index (χ1n) is 7.63. The lowest BCUT2D eigenvalue weighted by Crippen LogP contribution is -2.65. The average Bonchev–Trinajstić information content (AvgIpc) is 3.17. The topological polar surface area (TPSA) is 62.6 Å². The van der Waals surface area contributed by atoms with Gasteiger partial charge in [-0.3, -0.25) is 9.59 Å². The maximum atomic E-state index is 12.7. The molecule has 1 N–H and O–H groups in total. The van der Waals surface area contributed by atoms with Gasteiger partial charge in [0.1, 0.15) is 23.6 Å². The molecular formula is C16H22N2O3. The van der Waals surface area contributed by atoms with Crippen LogP contribution in [0.4, 0.5) is 0 Å². The summed E-state index contributed by atoms with van der Waals surface area (Å²) in [6.45, 7) is 6.18. The molecule has 1 aromatic rings. The summed E-state index contributed by atoms with van der Waals surface area (Å²) in [5.41, 5.74) is 0. The molecule has 0 bridgehead atoms. The third-order valence-corrected chi connectivity index (χ3v) is 4.30. The summed E-state index contributed by atoms with van der Waals surface area (Å²) in [6.07, 6.45) is 2.05. The predicted octanol–water partition coefficient (Wildman–Crippen LogP) is 1.85. The molecule has 2 aliphatic rings. The monoisotopic (exact) mass is 290 g/mol. The molecule has 3 rings (SSSR count). The normalized spacial score (nSPS) is 26.4. The Morgan fingerprint density at radius 2 is 2.05 bits per heavy atom. The largest absolute Gasteiger partial charge is 0.464 e. The molecule has 1 saturated heterocycles. The first-order valence-corrected chi connectivity index (χ1v) is 7.63. The van der Waals surface area contributed by atoms with E-state index in [1.54, 1.807) is 4.90 Å². The molecule has 1 aliphatic carbocycles. The van der Waals surface area contributed by atoms with Crippen molar-refractivity contribution in [2.75, 3.05) is 0 Å². The number of nitrogens with one attached hydrogen (secondary N) is 1. The van der Waals surface area contributed by atoms with Crippen LogP contribution >= 0.6 is 0 Å². The summed E-state index contributed by atoms with van der Waals surface area (Å²) in [4.78, 5) is 26.8. The first kappa shape index (κ1) is 14.2. The lowest BCUT2D eigenvalue weighted by atomic mass is 9.95. The van der Waals surface area contributed by atoms with Crippen LogP contribution in [-0.4, -0.2) is 28.8 Å². The lowest BCUT2D eigenvalue weighted by Gasteiger charge is -2.40. The molecule has 2 fully saturated rings. The lowest BCUT2D eigenvalue weighted by molar-refractivity contribution is -0.152. The fourth-order valence-corrected chi connectivity index (χ4v) is 3.08. The van der Waals surface area contributed by atoms with Crippen molar-refractivity contribution >= 4 is 11.8 Å². The van der Waals surface area contributed by atoms with Gasteiger partial charge in [0.25, 0.3) is 0 Å². The van der Waals surface area contributed by atoms with E-state index in [0.29, 0.717) is 12.5 Å². The summed E-state index contributed by atoms with van der Waals surface area (Å²) in [5.74, 6) is 1.93. The Hall–Kier alpha value is -1.78. The molecule has 1 aliphatic heterocycles. The minimum atomic E-state index is -0.419. The van der Waals surface area contributed by atoms with E-state index >= 15 is 0 Å². The minimum absolute atomic E-state index is 0.0323. The number of amides is 2. The fourth-order valence-electron chi connectivity index (χ4n) is 3.08. The minimum Gasteiger partial charge on any atom is -0.464 e. The summed E-state index contributed by atoms with van der Waals surface area (Å²) in [7, 11) is 0. The van der Waals surface area contributed by atoms with E-state index in [4.69, 9.17) is 4.42 Å². The molecule has 2 amide bonds. The van der Waals surface area contributed by atoms with Crippen molar-refractivity contribution in [3.63, 3.8) is 0 Å². The third kappa shape index (κ3) is 2.69. The number of hydrogen-bond donors (Lipinski definition) is 1. The molecular weight excluding hydrogens is 268 g/mol. The van der Waals surface area contributed by atoms with Gasteiger partial charge in [0.15, 0.2) is 0 Å². The number of carbonyl (C=O) groups excluding carboxylic acids is 2. The number of piperazine rings is 1. The van der Waals surface area contributed by atoms with Gasteiger partial charge in [0.2, 0.25) is 11.8 Å². The molecule has 1 saturated carbocycles. The Morgan fingerprint density at radius 3 is 2.57 bits per heavy atom. The Bertz CT molecular complexity index is 560. The zero-order valence-corrected chi connectivity index (χ0v) is 12.8. The average molecular weight is 290 g/mol. The van der Waals surface area contributed by atoms with Crippen LogP contribution in [0.2, 0.25) is 0 Å². The van der Waals surface area contributed by atoms with Crippen LogP contribution in [0.3, 0.4) is 0 Å². The van der Waals surface area contributed by atoms with E-state index < -0.39 is 6.04 Å². The van der Waals surface area contributed by atoms with Crippen molar-refractivity contribution in [2.24, 2.45) is 11.8 Å². The molecule has 1 aromatic heterocycles. The maximum absolute atomic E-state index is 12.7. The van der Waals surface area contributed by atoms with Crippen molar-refractivity contribution in [3.05, 3.63) is 23.7 Å². The number of carbonyl (C=O) groups is 2. The molecule has 5 heteroatoms. The van der Waals surface area contributed by atoms with E-state index in [1.807, 2.05) is 32.9 Å². The van der Waals surface area contributed by atoms with Gasteiger partial charge in [-0.1, -0.05) is 13.8 Å². The number of furan rings is 1. The molecule has 2 unspecified atom stereocenters. The van der Waals surface area contributed by atoms with Gasteiger partial charge >= 0.3 is 0 Å². The summed E-state index contributed by atoms with van der Waals surface area (Å²) in [6, 6.07) is 2.99. The van der Waals surface area contributed by atoms with Gasteiger partial charge < -0.3 is 14.6 Å². The first-order chi connectivity index (χ1) is 9.97. The number of aryl methyl sites for hydroxylation is 1. The SMILES string of the molecule is Cc1ccc(CN2C(=O)C(C3CC3)NC(=O)C2C(C)C)o1. The quantitative estimate of drug-likeness (QED) is 0.920. The summed E-state index contributed by atoms with van der Waals surface area (Å²) >= 11 is 0. The van der Waals surface area contributed by atoms with E-state index in [-0.39, 0.29) is 23.8 Å². The van der Waals surface area contributed by atoms with Crippen LogP contribution in [0.15, 0.2) is 16.5 Å². The standard InChI is InChI=1S/C16H22N2O3/c1-9(2)14-15(19)17-13(11-5-6-11)16(20)18(14)8-12-7-4-10(3)21-12/h4,7,9,11,13-14H,5-6,8H2,1-3H3,(H,17,19). The van der Waals surface area contributed by atoms with Crippen molar-refractivity contribution in [2.45, 2.75) is 52.2 Å². The highest BCUT2D eigenvalue weighted by Gasteiger charge is 2.47. The van der Waals surface area contributed by atoms with Crippen molar-refractivity contribution < 1.29 is 14.0 Å². The van der Waals surface area contributed by atoms with Gasteiger partial charge in [0, 0.05) is 0 Å². The van der Waals surface area contributed by atoms with Crippen molar-refractivity contribution in [1.82, 2.24) is 10.2 Å². The molecule has 0 spiro atoms. The third-order valence-electron chi connectivity index (χ3n) is 4.30. The van der Waals surface area contributed by atoms with E-state index in [0.717, 1.165) is 24.4 Å². The second-order valence-corrected chi connectivity index (χ2v) is 6.49. The van der Waals surface area contributed by atoms with Gasteiger partial charge in [-0.15, -0.1) is 0 Å². The summed E-state index contributed by atoms with van der Waals surface area (Å²) < 4.78 is 5.58. The molecule has 114 valence electrons. The predicted molar refractivity (Wildman–Crippen MR) is 77.3 cm³/mol. The molecule has 21 heavy (non-hydrogen) atoms. The summed E-state index contributed by atoms with van der Waals surface area (Å²) in [5, 5.41) is 2.92. The number of hydrogen-bond acceptors (Lipinski definition) is 3. The van der Waals surface area contributed by atoms with Crippen molar-refractivity contribution in [3.8, 4) is 0 Å². The van der Waals surface area contributed by atoms with E-state index in [2.05, 4.69) is 5.32 Å². The van der Waals surface area contributed by atoms with Crippen LogP contribution in [0.1, 0.15) is 38.2 Å². The Kier molecular flexibility index (Phi) is 3.51. The Balaban J connectivity index is 1.86. The fraction of sp³-hybridized carbons (Fsp3) is 0.625. The Morgan fingerprint density at radius 1 is 1.33 bits per heavy atom. The van der Waals surface area contributed by atoms with E-state index in [9.17, 15) is 9.59 Å².